The van der Waals surface area contributed by atoms with Crippen molar-refractivity contribution in [2.24, 2.45) is 5.92 Å². The SMILES string of the molecule is CC(C)CCNCC(O)C(Cc1ccccc1)NC(=O)NCc1ccccc1. The Morgan fingerprint density at radius 1 is 0.964 bits per heavy atom. The summed E-state index contributed by atoms with van der Waals surface area (Å²) in [4.78, 5) is 12.4. The van der Waals surface area contributed by atoms with Gasteiger partial charge in [-0.2, -0.15) is 0 Å². The molecule has 0 saturated heterocycles. The van der Waals surface area contributed by atoms with Gasteiger partial charge in [0.2, 0.25) is 0 Å². The molecule has 5 nitrogen and oxygen atoms in total. The summed E-state index contributed by atoms with van der Waals surface area (Å²) in [7, 11) is 0. The van der Waals surface area contributed by atoms with Gasteiger partial charge in [0.05, 0.1) is 12.1 Å². The highest BCUT2D eigenvalue weighted by Crippen LogP contribution is 2.07. The first-order valence-corrected chi connectivity index (χ1v) is 10.1. The van der Waals surface area contributed by atoms with Gasteiger partial charge in [-0.1, -0.05) is 74.5 Å². The number of carbonyl (C=O) groups is 1. The normalized spacial score (nSPS) is 13.1. The Bertz CT molecular complexity index is 677. The molecule has 0 aliphatic rings. The van der Waals surface area contributed by atoms with Crippen LogP contribution in [-0.4, -0.2) is 36.4 Å². The molecule has 0 radical (unpaired) electrons. The number of urea groups is 1. The topological polar surface area (TPSA) is 73.4 Å². The molecule has 0 aliphatic carbocycles. The van der Waals surface area contributed by atoms with Crippen LogP contribution in [0.2, 0.25) is 0 Å². The predicted molar refractivity (Wildman–Crippen MR) is 114 cm³/mol. The van der Waals surface area contributed by atoms with Crippen LogP contribution in [0, 0.1) is 5.92 Å². The van der Waals surface area contributed by atoms with Gasteiger partial charge in [-0.05, 0) is 36.4 Å². The molecular formula is C23H33N3O2. The lowest BCUT2D eigenvalue weighted by Crippen LogP contribution is -2.51. The van der Waals surface area contributed by atoms with E-state index < -0.39 is 6.10 Å². The van der Waals surface area contributed by atoms with E-state index in [0.717, 1.165) is 24.1 Å². The van der Waals surface area contributed by atoms with Gasteiger partial charge in [-0.15, -0.1) is 0 Å². The summed E-state index contributed by atoms with van der Waals surface area (Å²) in [6, 6.07) is 19.0. The second-order valence-electron chi connectivity index (χ2n) is 7.56. The second-order valence-corrected chi connectivity index (χ2v) is 7.56. The van der Waals surface area contributed by atoms with Gasteiger partial charge < -0.3 is 21.1 Å². The van der Waals surface area contributed by atoms with Crippen LogP contribution >= 0.6 is 0 Å². The molecule has 5 heteroatoms. The molecule has 2 rings (SSSR count). The first-order chi connectivity index (χ1) is 13.5. The summed E-state index contributed by atoms with van der Waals surface area (Å²) < 4.78 is 0. The van der Waals surface area contributed by atoms with Crippen molar-refractivity contribution in [3.63, 3.8) is 0 Å². The van der Waals surface area contributed by atoms with E-state index in [1.54, 1.807) is 0 Å². The van der Waals surface area contributed by atoms with E-state index >= 15 is 0 Å². The van der Waals surface area contributed by atoms with Crippen LogP contribution in [0.25, 0.3) is 0 Å². The van der Waals surface area contributed by atoms with E-state index in [2.05, 4.69) is 29.8 Å². The standard InChI is InChI=1S/C23H33N3O2/c1-18(2)13-14-24-17-22(27)21(15-19-9-5-3-6-10-19)26-23(28)25-16-20-11-7-4-8-12-20/h3-12,18,21-22,24,27H,13-17H2,1-2H3,(H2,25,26,28). The maximum absolute atomic E-state index is 12.4. The fraction of sp³-hybridized carbons (Fsp3) is 0.435. The molecule has 28 heavy (non-hydrogen) atoms. The number of benzene rings is 2. The van der Waals surface area contributed by atoms with Gasteiger partial charge in [0.1, 0.15) is 0 Å². The van der Waals surface area contributed by atoms with Crippen molar-refractivity contribution in [1.82, 2.24) is 16.0 Å². The lowest BCUT2D eigenvalue weighted by atomic mass is 10.0. The maximum atomic E-state index is 12.4. The van der Waals surface area contributed by atoms with Crippen LogP contribution in [0.15, 0.2) is 60.7 Å². The smallest absolute Gasteiger partial charge is 0.315 e. The Labute approximate surface area is 168 Å². The highest BCUT2D eigenvalue weighted by atomic mass is 16.3. The average molecular weight is 384 g/mol. The van der Waals surface area contributed by atoms with Crippen molar-refractivity contribution in [2.75, 3.05) is 13.1 Å². The third-order valence-corrected chi connectivity index (χ3v) is 4.63. The third-order valence-electron chi connectivity index (χ3n) is 4.63. The van der Waals surface area contributed by atoms with E-state index in [0.29, 0.717) is 25.4 Å². The van der Waals surface area contributed by atoms with Gasteiger partial charge in [-0.25, -0.2) is 4.79 Å². The van der Waals surface area contributed by atoms with Gasteiger partial charge in [0.25, 0.3) is 0 Å². The molecule has 0 spiro atoms. The molecule has 2 atom stereocenters. The molecule has 0 heterocycles. The number of hydrogen-bond acceptors (Lipinski definition) is 3. The molecule has 2 aromatic rings. The lowest BCUT2D eigenvalue weighted by Gasteiger charge is -2.25. The van der Waals surface area contributed by atoms with Crippen LogP contribution in [0.1, 0.15) is 31.4 Å². The predicted octanol–water partition coefficient (Wildman–Crippen LogP) is 3.09. The zero-order valence-electron chi connectivity index (χ0n) is 16.9. The summed E-state index contributed by atoms with van der Waals surface area (Å²) in [5, 5.41) is 19.8. The van der Waals surface area contributed by atoms with Gasteiger partial charge >= 0.3 is 6.03 Å². The van der Waals surface area contributed by atoms with Crippen molar-refractivity contribution in [2.45, 2.75) is 45.4 Å². The maximum Gasteiger partial charge on any atom is 0.315 e. The number of carbonyl (C=O) groups excluding carboxylic acids is 1. The Balaban J connectivity index is 1.89. The number of aliphatic hydroxyl groups is 1. The molecule has 2 aromatic carbocycles. The summed E-state index contributed by atoms with van der Waals surface area (Å²) in [6.45, 7) is 6.10. The summed E-state index contributed by atoms with van der Waals surface area (Å²) in [5.74, 6) is 0.617. The van der Waals surface area contributed by atoms with Crippen molar-refractivity contribution >= 4 is 6.03 Å². The Hall–Kier alpha value is -2.37. The number of amides is 2. The lowest BCUT2D eigenvalue weighted by molar-refractivity contribution is 0.126. The molecule has 0 aromatic heterocycles. The van der Waals surface area contributed by atoms with Crippen LogP contribution in [-0.2, 0) is 13.0 Å². The third kappa shape index (κ3) is 8.55. The monoisotopic (exact) mass is 383 g/mol. The molecule has 0 saturated carbocycles. The largest absolute Gasteiger partial charge is 0.390 e. The minimum Gasteiger partial charge on any atom is -0.390 e. The minimum atomic E-state index is -0.671. The highest BCUT2D eigenvalue weighted by Gasteiger charge is 2.21. The number of nitrogens with one attached hydrogen (secondary N) is 3. The average Bonchev–Trinajstić information content (AvgIpc) is 2.70. The van der Waals surface area contributed by atoms with Crippen LogP contribution in [0.5, 0.6) is 0 Å². The summed E-state index contributed by atoms with van der Waals surface area (Å²) >= 11 is 0. The quantitative estimate of drug-likeness (QED) is 0.451. The zero-order valence-corrected chi connectivity index (χ0v) is 16.9. The van der Waals surface area contributed by atoms with E-state index in [1.807, 2.05) is 60.7 Å². The molecule has 0 bridgehead atoms. The zero-order chi connectivity index (χ0) is 20.2. The second kappa shape index (κ2) is 12.2. The Morgan fingerprint density at radius 3 is 2.18 bits per heavy atom. The Kier molecular flexibility index (Phi) is 9.52. The summed E-state index contributed by atoms with van der Waals surface area (Å²) in [5.41, 5.74) is 2.12. The molecule has 4 N–H and O–H groups in total. The molecule has 2 amide bonds. The molecular weight excluding hydrogens is 350 g/mol. The minimum absolute atomic E-state index is 0.272. The highest BCUT2D eigenvalue weighted by molar-refractivity contribution is 5.74. The Morgan fingerprint density at radius 2 is 1.57 bits per heavy atom. The van der Waals surface area contributed by atoms with Gasteiger partial charge in [0.15, 0.2) is 0 Å². The van der Waals surface area contributed by atoms with E-state index in [1.165, 1.54) is 0 Å². The number of aliphatic hydroxyl groups excluding tert-OH is 1. The van der Waals surface area contributed by atoms with E-state index in [-0.39, 0.29) is 12.1 Å². The van der Waals surface area contributed by atoms with E-state index in [9.17, 15) is 9.90 Å². The van der Waals surface area contributed by atoms with Crippen LogP contribution < -0.4 is 16.0 Å². The van der Waals surface area contributed by atoms with Crippen molar-refractivity contribution in [3.05, 3.63) is 71.8 Å². The first kappa shape index (κ1) is 21.9. The van der Waals surface area contributed by atoms with Crippen LogP contribution in [0.3, 0.4) is 0 Å². The molecule has 0 aliphatic heterocycles. The van der Waals surface area contributed by atoms with Gasteiger partial charge in [0, 0.05) is 13.1 Å². The first-order valence-electron chi connectivity index (χ1n) is 10.1. The fourth-order valence-corrected chi connectivity index (χ4v) is 2.93. The number of hydrogen-bond donors (Lipinski definition) is 4. The van der Waals surface area contributed by atoms with E-state index in [4.69, 9.17) is 0 Å². The van der Waals surface area contributed by atoms with Gasteiger partial charge in [-0.3, -0.25) is 0 Å². The summed E-state index contributed by atoms with van der Waals surface area (Å²) in [6.07, 6.45) is 0.961. The van der Waals surface area contributed by atoms with Crippen LogP contribution in [0.4, 0.5) is 4.79 Å². The molecule has 2 unspecified atom stereocenters. The molecule has 152 valence electrons. The number of rotatable bonds is 11. The van der Waals surface area contributed by atoms with Crippen molar-refractivity contribution in [1.29, 1.82) is 0 Å². The molecule has 0 fully saturated rings. The van der Waals surface area contributed by atoms with Crippen molar-refractivity contribution < 1.29 is 9.90 Å². The van der Waals surface area contributed by atoms with Crippen molar-refractivity contribution in [3.8, 4) is 0 Å². The fourth-order valence-electron chi connectivity index (χ4n) is 2.93.